The molecule has 0 spiro atoms. The molecule has 15 heavy (non-hydrogen) atoms. The van der Waals surface area contributed by atoms with Crippen molar-refractivity contribution < 1.29 is 5.11 Å². The van der Waals surface area contributed by atoms with E-state index in [1.165, 1.54) is 19.3 Å². The Morgan fingerprint density at radius 3 is 2.73 bits per heavy atom. The second-order valence-electron chi connectivity index (χ2n) is 5.99. The molecule has 1 aliphatic heterocycles. The highest BCUT2D eigenvalue weighted by atomic mass is 16.3. The lowest BCUT2D eigenvalue weighted by Gasteiger charge is -2.22. The van der Waals surface area contributed by atoms with Gasteiger partial charge in [0, 0.05) is 25.7 Å². The zero-order valence-electron chi connectivity index (χ0n) is 10.00. The van der Waals surface area contributed by atoms with E-state index < -0.39 is 0 Å². The summed E-state index contributed by atoms with van der Waals surface area (Å²) in [6.45, 7) is 8.50. The van der Waals surface area contributed by atoms with Crippen LogP contribution in [0.15, 0.2) is 0 Å². The van der Waals surface area contributed by atoms with Crippen molar-refractivity contribution in [3.8, 4) is 0 Å². The van der Waals surface area contributed by atoms with Crippen molar-refractivity contribution in [2.75, 3.05) is 26.2 Å². The third-order valence-corrected chi connectivity index (χ3v) is 3.44. The first kappa shape index (κ1) is 11.4. The molecular formula is C12H24N2O. The molecule has 0 aromatic rings. The van der Waals surface area contributed by atoms with Gasteiger partial charge in [-0.3, -0.25) is 0 Å². The van der Waals surface area contributed by atoms with Gasteiger partial charge in [-0.25, -0.2) is 0 Å². The Balaban J connectivity index is 1.63. The summed E-state index contributed by atoms with van der Waals surface area (Å²) in [5.41, 5.74) is 0.448. The van der Waals surface area contributed by atoms with Crippen molar-refractivity contribution in [3.63, 3.8) is 0 Å². The summed E-state index contributed by atoms with van der Waals surface area (Å²) in [7, 11) is 0. The number of aliphatic hydroxyl groups is 1. The Bertz CT molecular complexity index is 214. The van der Waals surface area contributed by atoms with E-state index in [1.807, 2.05) is 0 Å². The zero-order chi connectivity index (χ0) is 10.9. The van der Waals surface area contributed by atoms with Gasteiger partial charge in [0.2, 0.25) is 0 Å². The summed E-state index contributed by atoms with van der Waals surface area (Å²) in [5, 5.41) is 13.2. The maximum atomic E-state index is 9.85. The third-order valence-electron chi connectivity index (χ3n) is 3.44. The van der Waals surface area contributed by atoms with Gasteiger partial charge in [-0.05, 0) is 31.2 Å². The number of rotatable bonds is 5. The molecule has 2 rings (SSSR count). The second kappa shape index (κ2) is 4.40. The monoisotopic (exact) mass is 212 g/mol. The largest absolute Gasteiger partial charge is 0.390 e. The Morgan fingerprint density at radius 1 is 1.47 bits per heavy atom. The van der Waals surface area contributed by atoms with E-state index in [-0.39, 0.29) is 6.10 Å². The lowest BCUT2D eigenvalue weighted by atomic mass is 9.93. The van der Waals surface area contributed by atoms with Gasteiger partial charge < -0.3 is 15.3 Å². The minimum atomic E-state index is -0.195. The molecule has 0 bridgehead atoms. The predicted molar refractivity (Wildman–Crippen MR) is 61.9 cm³/mol. The average molecular weight is 212 g/mol. The number of likely N-dealkylation sites (tertiary alicyclic amines) is 1. The molecule has 1 heterocycles. The Morgan fingerprint density at radius 2 is 2.20 bits per heavy atom. The number of hydrogen-bond acceptors (Lipinski definition) is 3. The fourth-order valence-electron chi connectivity index (χ4n) is 2.33. The van der Waals surface area contributed by atoms with Crippen molar-refractivity contribution in [3.05, 3.63) is 0 Å². The molecule has 3 heteroatoms. The normalized spacial score (nSPS) is 28.2. The number of β-amino-alcohol motifs (C(OH)–C–C–N with tert-alkyl or cyclic N) is 1. The molecule has 1 saturated heterocycles. The smallest absolute Gasteiger partial charge is 0.0791 e. The third kappa shape index (κ3) is 3.74. The first-order valence-corrected chi connectivity index (χ1v) is 6.19. The van der Waals surface area contributed by atoms with E-state index in [0.29, 0.717) is 11.5 Å². The fourth-order valence-corrected chi connectivity index (χ4v) is 2.33. The molecule has 2 N–H and O–H groups in total. The molecule has 1 unspecified atom stereocenters. The Kier molecular flexibility index (Phi) is 3.33. The van der Waals surface area contributed by atoms with Gasteiger partial charge in [-0.1, -0.05) is 13.8 Å². The van der Waals surface area contributed by atoms with Gasteiger partial charge in [0.25, 0.3) is 0 Å². The van der Waals surface area contributed by atoms with E-state index in [0.717, 1.165) is 26.2 Å². The van der Waals surface area contributed by atoms with E-state index >= 15 is 0 Å². The van der Waals surface area contributed by atoms with Gasteiger partial charge in [0.1, 0.15) is 0 Å². The van der Waals surface area contributed by atoms with Crippen molar-refractivity contribution in [2.24, 2.45) is 5.41 Å². The van der Waals surface area contributed by atoms with Gasteiger partial charge in [0.15, 0.2) is 0 Å². The lowest BCUT2D eigenvalue weighted by molar-refractivity contribution is 0.118. The molecule has 1 atom stereocenters. The highest BCUT2D eigenvalue weighted by molar-refractivity contribution is 4.85. The summed E-state index contributed by atoms with van der Waals surface area (Å²) in [5.74, 6) is 0. The van der Waals surface area contributed by atoms with Gasteiger partial charge in [-0.15, -0.1) is 0 Å². The summed E-state index contributed by atoms with van der Waals surface area (Å²) < 4.78 is 0. The molecule has 1 saturated carbocycles. The summed E-state index contributed by atoms with van der Waals surface area (Å²) in [4.78, 5) is 2.39. The molecule has 0 radical (unpaired) electrons. The molecular weight excluding hydrogens is 188 g/mol. The molecule has 2 aliphatic rings. The van der Waals surface area contributed by atoms with E-state index in [4.69, 9.17) is 0 Å². The van der Waals surface area contributed by atoms with Crippen LogP contribution in [0.3, 0.4) is 0 Å². The first-order valence-electron chi connectivity index (χ1n) is 6.19. The number of hydrogen-bond donors (Lipinski definition) is 2. The maximum Gasteiger partial charge on any atom is 0.0791 e. The van der Waals surface area contributed by atoms with Crippen LogP contribution in [0.2, 0.25) is 0 Å². The quantitative estimate of drug-likeness (QED) is 0.708. The molecule has 0 aromatic carbocycles. The van der Waals surface area contributed by atoms with Gasteiger partial charge in [-0.2, -0.15) is 0 Å². The molecule has 0 aromatic heterocycles. The van der Waals surface area contributed by atoms with Gasteiger partial charge in [0.05, 0.1) is 6.10 Å². The van der Waals surface area contributed by atoms with E-state index in [9.17, 15) is 5.11 Å². The highest BCUT2D eigenvalue weighted by Crippen LogP contribution is 2.28. The summed E-state index contributed by atoms with van der Waals surface area (Å²) >= 11 is 0. The van der Waals surface area contributed by atoms with Crippen LogP contribution < -0.4 is 5.32 Å². The van der Waals surface area contributed by atoms with Crippen molar-refractivity contribution in [2.45, 2.75) is 45.3 Å². The highest BCUT2D eigenvalue weighted by Gasteiger charge is 2.30. The van der Waals surface area contributed by atoms with Crippen LogP contribution in [-0.2, 0) is 0 Å². The first-order chi connectivity index (χ1) is 7.05. The number of aliphatic hydroxyl groups excluding tert-OH is 1. The van der Waals surface area contributed by atoms with Crippen molar-refractivity contribution >= 4 is 0 Å². The maximum absolute atomic E-state index is 9.85. The van der Waals surface area contributed by atoms with Crippen molar-refractivity contribution in [1.29, 1.82) is 0 Å². The van der Waals surface area contributed by atoms with Crippen LogP contribution in [0.1, 0.15) is 33.1 Å². The van der Waals surface area contributed by atoms with Crippen LogP contribution in [-0.4, -0.2) is 48.3 Å². The van der Waals surface area contributed by atoms with Crippen LogP contribution in [0.4, 0.5) is 0 Å². The topological polar surface area (TPSA) is 35.5 Å². The van der Waals surface area contributed by atoms with Crippen LogP contribution in [0.5, 0.6) is 0 Å². The molecule has 1 aliphatic carbocycles. The molecule has 0 amide bonds. The minimum Gasteiger partial charge on any atom is -0.390 e. The summed E-state index contributed by atoms with van der Waals surface area (Å²) in [6.07, 6.45) is 3.65. The molecule has 3 nitrogen and oxygen atoms in total. The van der Waals surface area contributed by atoms with Gasteiger partial charge >= 0.3 is 0 Å². The van der Waals surface area contributed by atoms with E-state index in [2.05, 4.69) is 24.1 Å². The van der Waals surface area contributed by atoms with Crippen molar-refractivity contribution in [1.82, 2.24) is 10.2 Å². The second-order valence-corrected chi connectivity index (χ2v) is 5.99. The number of nitrogens with one attached hydrogen (secondary N) is 1. The Labute approximate surface area is 92.8 Å². The average Bonchev–Trinajstić information content (AvgIpc) is 2.89. The SMILES string of the molecule is CC1(C)CCN(CC(O)CNC2CC2)C1. The molecule has 88 valence electrons. The predicted octanol–water partition coefficient (Wildman–Crippen LogP) is 0.831. The zero-order valence-corrected chi connectivity index (χ0v) is 10.00. The standard InChI is InChI=1S/C12H24N2O/c1-12(2)5-6-14(9-12)8-11(15)7-13-10-3-4-10/h10-11,13,15H,3-9H2,1-2H3. The van der Waals surface area contributed by atoms with Crippen LogP contribution in [0.25, 0.3) is 0 Å². The number of nitrogens with zero attached hydrogens (tertiary/aromatic N) is 1. The van der Waals surface area contributed by atoms with Crippen LogP contribution in [0, 0.1) is 5.41 Å². The minimum absolute atomic E-state index is 0.195. The lowest BCUT2D eigenvalue weighted by Crippen LogP contribution is -2.38. The molecule has 2 fully saturated rings. The summed E-state index contributed by atoms with van der Waals surface area (Å²) in [6, 6.07) is 0.703. The van der Waals surface area contributed by atoms with Crippen LogP contribution >= 0.6 is 0 Å². The Hall–Kier alpha value is -0.120. The fraction of sp³-hybridized carbons (Fsp3) is 1.00. The van der Waals surface area contributed by atoms with E-state index in [1.54, 1.807) is 0 Å².